The SMILES string of the molecule is NC1CCCC1N1CCN(CC(F)(F)F)CC1. The summed E-state index contributed by atoms with van der Waals surface area (Å²) < 4.78 is 36.7. The van der Waals surface area contributed by atoms with Crippen LogP contribution in [0.15, 0.2) is 0 Å². The van der Waals surface area contributed by atoms with Crippen LogP contribution in [0.2, 0.25) is 0 Å². The molecule has 0 aromatic heterocycles. The van der Waals surface area contributed by atoms with Crippen molar-refractivity contribution in [3.8, 4) is 0 Å². The highest BCUT2D eigenvalue weighted by molar-refractivity contribution is 4.90. The van der Waals surface area contributed by atoms with Crippen LogP contribution in [0.5, 0.6) is 0 Å². The van der Waals surface area contributed by atoms with Crippen LogP contribution in [0.3, 0.4) is 0 Å². The smallest absolute Gasteiger partial charge is 0.326 e. The lowest BCUT2D eigenvalue weighted by atomic mass is 10.1. The van der Waals surface area contributed by atoms with Crippen LogP contribution < -0.4 is 5.73 Å². The van der Waals surface area contributed by atoms with E-state index in [0.717, 1.165) is 19.3 Å². The summed E-state index contributed by atoms with van der Waals surface area (Å²) >= 11 is 0. The van der Waals surface area contributed by atoms with Crippen molar-refractivity contribution in [2.45, 2.75) is 37.5 Å². The van der Waals surface area contributed by atoms with Gasteiger partial charge in [0, 0.05) is 38.3 Å². The zero-order valence-corrected chi connectivity index (χ0v) is 9.92. The summed E-state index contributed by atoms with van der Waals surface area (Å²) in [4.78, 5) is 3.75. The molecule has 0 radical (unpaired) electrons. The fourth-order valence-electron chi connectivity index (χ4n) is 2.93. The number of nitrogens with zero attached hydrogens (tertiary/aromatic N) is 2. The molecule has 0 amide bonds. The lowest BCUT2D eigenvalue weighted by Crippen LogP contribution is -2.55. The molecular formula is C11H20F3N3. The van der Waals surface area contributed by atoms with Crippen LogP contribution >= 0.6 is 0 Å². The Balaban J connectivity index is 1.78. The maximum absolute atomic E-state index is 12.2. The highest BCUT2D eigenvalue weighted by atomic mass is 19.4. The molecule has 3 nitrogen and oxygen atoms in total. The lowest BCUT2D eigenvalue weighted by molar-refractivity contribution is -0.149. The summed E-state index contributed by atoms with van der Waals surface area (Å²) in [6.45, 7) is 1.66. The molecule has 17 heavy (non-hydrogen) atoms. The van der Waals surface area contributed by atoms with E-state index in [1.807, 2.05) is 0 Å². The van der Waals surface area contributed by atoms with Crippen molar-refractivity contribution < 1.29 is 13.2 Å². The molecule has 1 aliphatic heterocycles. The van der Waals surface area contributed by atoms with Crippen molar-refractivity contribution in [1.82, 2.24) is 9.80 Å². The Morgan fingerprint density at radius 2 is 1.71 bits per heavy atom. The quantitative estimate of drug-likeness (QED) is 0.796. The van der Waals surface area contributed by atoms with E-state index in [9.17, 15) is 13.2 Å². The van der Waals surface area contributed by atoms with Crippen LogP contribution in [-0.2, 0) is 0 Å². The van der Waals surface area contributed by atoms with Crippen molar-refractivity contribution in [2.75, 3.05) is 32.7 Å². The van der Waals surface area contributed by atoms with Gasteiger partial charge in [-0.15, -0.1) is 0 Å². The zero-order valence-electron chi connectivity index (χ0n) is 9.92. The maximum atomic E-state index is 12.2. The van der Waals surface area contributed by atoms with Crippen molar-refractivity contribution in [2.24, 2.45) is 5.73 Å². The summed E-state index contributed by atoms with van der Waals surface area (Å²) in [6.07, 6.45) is -0.783. The van der Waals surface area contributed by atoms with Crippen LogP contribution in [-0.4, -0.2) is 60.8 Å². The third-order valence-electron chi connectivity index (χ3n) is 3.81. The van der Waals surface area contributed by atoms with Crippen LogP contribution in [0, 0.1) is 0 Å². The first-order valence-electron chi connectivity index (χ1n) is 6.24. The van der Waals surface area contributed by atoms with Gasteiger partial charge in [0.15, 0.2) is 0 Å². The number of nitrogens with two attached hydrogens (primary N) is 1. The third kappa shape index (κ3) is 3.56. The maximum Gasteiger partial charge on any atom is 0.401 e. The number of piperazine rings is 1. The monoisotopic (exact) mass is 251 g/mol. The highest BCUT2D eigenvalue weighted by Crippen LogP contribution is 2.24. The van der Waals surface area contributed by atoms with Crippen molar-refractivity contribution >= 4 is 0 Å². The Labute approximate surface area is 99.7 Å². The van der Waals surface area contributed by atoms with Gasteiger partial charge < -0.3 is 5.73 Å². The number of hydrogen-bond donors (Lipinski definition) is 1. The minimum absolute atomic E-state index is 0.212. The first-order valence-corrected chi connectivity index (χ1v) is 6.24. The fourth-order valence-corrected chi connectivity index (χ4v) is 2.93. The molecular weight excluding hydrogens is 231 g/mol. The van der Waals surface area contributed by atoms with E-state index < -0.39 is 12.7 Å². The van der Waals surface area contributed by atoms with Crippen molar-refractivity contribution in [3.05, 3.63) is 0 Å². The van der Waals surface area contributed by atoms with Gasteiger partial charge in [0.25, 0.3) is 0 Å². The molecule has 6 heteroatoms. The van der Waals surface area contributed by atoms with Crippen LogP contribution in [0.1, 0.15) is 19.3 Å². The van der Waals surface area contributed by atoms with Gasteiger partial charge in [-0.1, -0.05) is 6.42 Å². The fraction of sp³-hybridized carbons (Fsp3) is 1.00. The number of alkyl halides is 3. The number of rotatable bonds is 2. The van der Waals surface area contributed by atoms with Gasteiger partial charge in [-0.05, 0) is 12.8 Å². The molecule has 1 saturated heterocycles. The van der Waals surface area contributed by atoms with Crippen molar-refractivity contribution in [1.29, 1.82) is 0 Å². The molecule has 2 fully saturated rings. The van der Waals surface area contributed by atoms with Crippen molar-refractivity contribution in [3.63, 3.8) is 0 Å². The molecule has 0 aromatic carbocycles. The zero-order chi connectivity index (χ0) is 12.5. The standard InChI is InChI=1S/C11H20F3N3/c12-11(13,14)8-16-4-6-17(7-5-16)10-3-1-2-9(10)15/h9-10H,1-8,15H2. The van der Waals surface area contributed by atoms with E-state index in [1.165, 1.54) is 4.90 Å². The van der Waals surface area contributed by atoms with E-state index in [2.05, 4.69) is 4.90 Å². The first-order chi connectivity index (χ1) is 7.96. The number of hydrogen-bond acceptors (Lipinski definition) is 3. The largest absolute Gasteiger partial charge is 0.401 e. The van der Waals surface area contributed by atoms with E-state index in [4.69, 9.17) is 5.73 Å². The number of halogens is 3. The predicted molar refractivity (Wildman–Crippen MR) is 59.7 cm³/mol. The Morgan fingerprint density at radius 3 is 2.18 bits per heavy atom. The van der Waals surface area contributed by atoms with Gasteiger partial charge in [0.2, 0.25) is 0 Å². The second-order valence-corrected chi connectivity index (χ2v) is 5.09. The van der Waals surface area contributed by atoms with Gasteiger partial charge in [0.05, 0.1) is 6.54 Å². The topological polar surface area (TPSA) is 32.5 Å². The summed E-state index contributed by atoms with van der Waals surface area (Å²) in [5.74, 6) is 0. The van der Waals surface area contributed by atoms with E-state index in [0.29, 0.717) is 32.2 Å². The second kappa shape index (κ2) is 5.12. The molecule has 0 bridgehead atoms. The minimum Gasteiger partial charge on any atom is -0.326 e. The van der Waals surface area contributed by atoms with Gasteiger partial charge in [-0.25, -0.2) is 0 Å². The molecule has 1 saturated carbocycles. The molecule has 1 heterocycles. The van der Waals surface area contributed by atoms with Gasteiger partial charge in [-0.2, -0.15) is 13.2 Å². The molecule has 2 unspecified atom stereocenters. The first kappa shape index (κ1) is 13.1. The Hall–Kier alpha value is -0.330. The van der Waals surface area contributed by atoms with Gasteiger partial charge >= 0.3 is 6.18 Å². The molecule has 100 valence electrons. The summed E-state index contributed by atoms with van der Waals surface area (Å²) in [6, 6.07) is 0.604. The molecule has 0 aromatic rings. The van der Waals surface area contributed by atoms with Gasteiger partial charge in [0.1, 0.15) is 0 Å². The highest BCUT2D eigenvalue weighted by Gasteiger charge is 2.35. The predicted octanol–water partition coefficient (Wildman–Crippen LogP) is 1.05. The summed E-state index contributed by atoms with van der Waals surface area (Å²) in [5, 5.41) is 0. The van der Waals surface area contributed by atoms with Gasteiger partial charge in [-0.3, -0.25) is 9.80 Å². The lowest BCUT2D eigenvalue weighted by Gasteiger charge is -2.39. The molecule has 0 spiro atoms. The summed E-state index contributed by atoms with van der Waals surface area (Å²) in [5.41, 5.74) is 6.01. The van der Waals surface area contributed by atoms with E-state index in [1.54, 1.807) is 0 Å². The molecule has 2 rings (SSSR count). The van der Waals surface area contributed by atoms with E-state index >= 15 is 0 Å². The molecule has 1 aliphatic carbocycles. The second-order valence-electron chi connectivity index (χ2n) is 5.09. The summed E-state index contributed by atoms with van der Waals surface area (Å²) in [7, 11) is 0. The average molecular weight is 251 g/mol. The third-order valence-corrected chi connectivity index (χ3v) is 3.81. The molecule has 2 atom stereocenters. The van der Waals surface area contributed by atoms with Crippen LogP contribution in [0.4, 0.5) is 13.2 Å². The van der Waals surface area contributed by atoms with E-state index in [-0.39, 0.29) is 6.04 Å². The molecule has 2 N–H and O–H groups in total. The Morgan fingerprint density at radius 1 is 1.06 bits per heavy atom. The average Bonchev–Trinajstić information content (AvgIpc) is 2.63. The minimum atomic E-state index is -4.08. The Bertz CT molecular complexity index is 249. The molecule has 2 aliphatic rings. The normalized spacial score (nSPS) is 33.2. The Kier molecular flexibility index (Phi) is 3.95. The van der Waals surface area contributed by atoms with Crippen LogP contribution in [0.25, 0.3) is 0 Å².